The minimum atomic E-state index is -0.753. The summed E-state index contributed by atoms with van der Waals surface area (Å²) in [6.45, 7) is 2.59. The Morgan fingerprint density at radius 1 is 1.07 bits per heavy atom. The number of unbranched alkanes of at least 4 members (excludes halogenated alkanes) is 5. The van der Waals surface area contributed by atoms with Gasteiger partial charge in [-0.1, -0.05) is 45.4 Å². The van der Waals surface area contributed by atoms with Crippen LogP contribution >= 0.6 is 0 Å². The third-order valence-electron chi connectivity index (χ3n) is 6.27. The van der Waals surface area contributed by atoms with Gasteiger partial charge in [0.05, 0.1) is 19.3 Å². The second kappa shape index (κ2) is 15.8. The molecule has 0 aromatic carbocycles. The van der Waals surface area contributed by atoms with E-state index < -0.39 is 5.97 Å². The average Bonchev–Trinajstić information content (AvgIpc) is 3.00. The van der Waals surface area contributed by atoms with Crippen LogP contribution in [0.25, 0.3) is 0 Å². The molecule has 1 aliphatic carbocycles. The molecule has 0 amide bonds. The SMILES string of the molecule is CCCCCC(CO)CC[C@H]1[C@H](OCCO)CC(=O)[C@@H]1CCCCCCC(=O)O. The number of aliphatic hydroxyl groups is 2. The third-order valence-corrected chi connectivity index (χ3v) is 6.27. The first-order valence-corrected chi connectivity index (χ1v) is 11.6. The van der Waals surface area contributed by atoms with E-state index in [0.29, 0.717) is 12.8 Å². The zero-order chi connectivity index (χ0) is 21.5. The summed E-state index contributed by atoms with van der Waals surface area (Å²) in [5, 5.41) is 27.5. The van der Waals surface area contributed by atoms with Gasteiger partial charge >= 0.3 is 5.97 Å². The number of carbonyl (C=O) groups excluding carboxylic acids is 1. The smallest absolute Gasteiger partial charge is 0.303 e. The number of hydrogen-bond donors (Lipinski definition) is 3. The maximum atomic E-state index is 12.6. The Morgan fingerprint density at radius 3 is 2.48 bits per heavy atom. The first-order chi connectivity index (χ1) is 14.0. The number of carboxylic acid groups (broad SMARTS) is 1. The molecule has 6 heteroatoms. The van der Waals surface area contributed by atoms with Crippen molar-refractivity contribution in [3.63, 3.8) is 0 Å². The Morgan fingerprint density at radius 2 is 1.83 bits per heavy atom. The first-order valence-electron chi connectivity index (χ1n) is 11.6. The van der Waals surface area contributed by atoms with Crippen molar-refractivity contribution >= 4 is 11.8 Å². The van der Waals surface area contributed by atoms with Gasteiger partial charge in [-0.05, 0) is 43.9 Å². The highest BCUT2D eigenvalue weighted by atomic mass is 16.5. The number of ether oxygens (including phenoxy) is 1. The molecule has 0 aliphatic heterocycles. The van der Waals surface area contributed by atoms with Crippen LogP contribution in [-0.4, -0.2) is 53.0 Å². The fraction of sp³-hybridized carbons (Fsp3) is 0.913. The van der Waals surface area contributed by atoms with Crippen molar-refractivity contribution < 1.29 is 29.6 Å². The van der Waals surface area contributed by atoms with Gasteiger partial charge < -0.3 is 20.1 Å². The quantitative estimate of drug-likeness (QED) is 0.293. The Labute approximate surface area is 176 Å². The molecule has 1 rings (SSSR count). The maximum Gasteiger partial charge on any atom is 0.303 e. The van der Waals surface area contributed by atoms with Gasteiger partial charge in [-0.25, -0.2) is 0 Å². The summed E-state index contributed by atoms with van der Waals surface area (Å²) in [5.74, 6) is -0.0545. The van der Waals surface area contributed by atoms with Crippen LogP contribution in [0.3, 0.4) is 0 Å². The highest BCUT2D eigenvalue weighted by Gasteiger charge is 2.42. The molecule has 29 heavy (non-hydrogen) atoms. The lowest BCUT2D eigenvalue weighted by Crippen LogP contribution is -2.25. The fourth-order valence-corrected chi connectivity index (χ4v) is 4.58. The molecule has 3 N–H and O–H groups in total. The van der Waals surface area contributed by atoms with E-state index in [0.717, 1.165) is 51.4 Å². The van der Waals surface area contributed by atoms with E-state index in [1.807, 2.05) is 0 Å². The van der Waals surface area contributed by atoms with E-state index in [1.165, 1.54) is 12.8 Å². The van der Waals surface area contributed by atoms with Gasteiger partial charge in [0, 0.05) is 25.4 Å². The van der Waals surface area contributed by atoms with E-state index in [-0.39, 0.29) is 55.9 Å². The summed E-state index contributed by atoms with van der Waals surface area (Å²) in [5.41, 5.74) is 0. The number of aliphatic carboxylic acids is 1. The monoisotopic (exact) mass is 414 g/mol. The van der Waals surface area contributed by atoms with Crippen LogP contribution in [0.1, 0.15) is 90.4 Å². The number of carbonyl (C=O) groups is 2. The molecule has 0 saturated heterocycles. The van der Waals surface area contributed by atoms with Gasteiger partial charge in [0.25, 0.3) is 0 Å². The van der Waals surface area contributed by atoms with Gasteiger partial charge in [-0.15, -0.1) is 0 Å². The summed E-state index contributed by atoms with van der Waals surface area (Å²) in [6.07, 6.45) is 11.1. The third kappa shape index (κ3) is 10.6. The molecular weight excluding hydrogens is 372 g/mol. The predicted octanol–water partition coefficient (Wildman–Crippen LogP) is 3.96. The number of ketones is 1. The topological polar surface area (TPSA) is 104 Å². The van der Waals surface area contributed by atoms with Crippen LogP contribution in [-0.2, 0) is 14.3 Å². The normalized spacial score (nSPS) is 22.9. The van der Waals surface area contributed by atoms with Crippen LogP contribution in [0.5, 0.6) is 0 Å². The minimum Gasteiger partial charge on any atom is -0.481 e. The van der Waals surface area contributed by atoms with Crippen LogP contribution in [0, 0.1) is 17.8 Å². The zero-order valence-corrected chi connectivity index (χ0v) is 18.2. The lowest BCUT2D eigenvalue weighted by atomic mass is 9.83. The van der Waals surface area contributed by atoms with Gasteiger partial charge in [-0.2, -0.15) is 0 Å². The molecule has 1 unspecified atom stereocenters. The molecule has 0 spiro atoms. The Bertz CT molecular complexity index is 453. The molecule has 0 aromatic heterocycles. The maximum absolute atomic E-state index is 12.6. The number of Topliss-reactive ketones (excluding diaryl/α,β-unsaturated/α-hetero) is 1. The van der Waals surface area contributed by atoms with Crippen molar-refractivity contribution in [2.24, 2.45) is 17.8 Å². The first kappa shape index (κ1) is 26.1. The lowest BCUT2D eigenvalue weighted by molar-refractivity contribution is -0.137. The summed E-state index contributed by atoms with van der Waals surface area (Å²) >= 11 is 0. The van der Waals surface area contributed by atoms with Gasteiger partial charge in [-0.3, -0.25) is 9.59 Å². The molecule has 0 aromatic rings. The van der Waals surface area contributed by atoms with Crippen molar-refractivity contribution in [2.75, 3.05) is 19.8 Å². The van der Waals surface area contributed by atoms with E-state index in [2.05, 4.69) is 6.92 Å². The van der Waals surface area contributed by atoms with Crippen molar-refractivity contribution in [1.82, 2.24) is 0 Å². The molecule has 0 bridgehead atoms. The fourth-order valence-electron chi connectivity index (χ4n) is 4.58. The molecule has 1 saturated carbocycles. The average molecular weight is 415 g/mol. The number of hydrogen-bond acceptors (Lipinski definition) is 5. The largest absolute Gasteiger partial charge is 0.481 e. The van der Waals surface area contributed by atoms with Crippen molar-refractivity contribution in [3.8, 4) is 0 Å². The molecule has 0 heterocycles. The number of aliphatic hydroxyl groups excluding tert-OH is 2. The van der Waals surface area contributed by atoms with Gasteiger partial charge in [0.2, 0.25) is 0 Å². The summed E-state index contributed by atoms with van der Waals surface area (Å²) < 4.78 is 5.80. The highest BCUT2D eigenvalue weighted by molar-refractivity contribution is 5.84. The second-order valence-corrected chi connectivity index (χ2v) is 8.54. The molecule has 0 radical (unpaired) electrons. The van der Waals surface area contributed by atoms with E-state index in [9.17, 15) is 14.7 Å². The molecular formula is C23H42O6. The van der Waals surface area contributed by atoms with E-state index in [1.54, 1.807) is 0 Å². The zero-order valence-electron chi connectivity index (χ0n) is 18.2. The van der Waals surface area contributed by atoms with Crippen LogP contribution in [0.15, 0.2) is 0 Å². The van der Waals surface area contributed by atoms with Crippen molar-refractivity contribution in [2.45, 2.75) is 96.5 Å². The summed E-state index contributed by atoms with van der Waals surface area (Å²) in [7, 11) is 0. The summed E-state index contributed by atoms with van der Waals surface area (Å²) in [4.78, 5) is 23.2. The van der Waals surface area contributed by atoms with Gasteiger partial charge in [0.1, 0.15) is 5.78 Å². The Balaban J connectivity index is 2.54. The molecule has 170 valence electrons. The van der Waals surface area contributed by atoms with E-state index >= 15 is 0 Å². The van der Waals surface area contributed by atoms with Crippen LogP contribution in [0.2, 0.25) is 0 Å². The molecule has 4 atom stereocenters. The highest BCUT2D eigenvalue weighted by Crippen LogP contribution is 2.39. The lowest BCUT2D eigenvalue weighted by Gasteiger charge is -2.26. The minimum absolute atomic E-state index is 0.00634. The molecule has 1 fully saturated rings. The molecule has 6 nitrogen and oxygen atoms in total. The number of rotatable bonds is 18. The molecule has 1 aliphatic rings. The Hall–Kier alpha value is -0.980. The summed E-state index contributed by atoms with van der Waals surface area (Å²) in [6, 6.07) is 0. The second-order valence-electron chi connectivity index (χ2n) is 8.54. The van der Waals surface area contributed by atoms with Crippen molar-refractivity contribution in [1.29, 1.82) is 0 Å². The van der Waals surface area contributed by atoms with Crippen molar-refractivity contribution in [3.05, 3.63) is 0 Å². The van der Waals surface area contributed by atoms with E-state index in [4.69, 9.17) is 14.9 Å². The Kier molecular flexibility index (Phi) is 14.2. The predicted molar refractivity (Wildman–Crippen MR) is 113 cm³/mol. The van der Waals surface area contributed by atoms with Crippen LogP contribution in [0.4, 0.5) is 0 Å². The number of carboxylic acids is 1. The van der Waals surface area contributed by atoms with Crippen LogP contribution < -0.4 is 0 Å². The van der Waals surface area contributed by atoms with Gasteiger partial charge in [0.15, 0.2) is 0 Å². The standard InChI is InChI=1S/C23H42O6/c1-2-3-6-9-18(17-25)12-13-20-19(10-7-4-5-8-11-23(27)28)21(26)16-22(20)29-15-14-24/h18-20,22,24-25H,2-17H2,1H3,(H,27,28)/t18?,19-,20-,22-/m1/s1.